The Kier molecular flexibility index (Phi) is 4.35. The highest BCUT2D eigenvalue weighted by Crippen LogP contribution is 2.38. The van der Waals surface area contributed by atoms with Crippen LogP contribution in [0.1, 0.15) is 44.6 Å². The van der Waals surface area contributed by atoms with Gasteiger partial charge in [-0.05, 0) is 49.6 Å². The molecule has 1 aromatic rings. The molecule has 0 aromatic heterocycles. The lowest BCUT2D eigenvalue weighted by Crippen LogP contribution is -2.41. The third-order valence-electron chi connectivity index (χ3n) is 3.79. The van der Waals surface area contributed by atoms with Crippen molar-refractivity contribution in [2.45, 2.75) is 44.6 Å². The molecule has 1 aromatic carbocycles. The molecule has 0 saturated carbocycles. The average Bonchev–Trinajstić information content (AvgIpc) is 2.58. The molecule has 0 radical (unpaired) electrons. The van der Waals surface area contributed by atoms with Crippen molar-refractivity contribution in [3.8, 4) is 0 Å². The minimum atomic E-state index is 0.0124. The Bertz CT molecular complexity index is 382. The zero-order valence-corrected chi connectivity index (χ0v) is 11.7. The fraction of sp³-hybridized carbons (Fsp3) is 0.571. The molecule has 1 saturated heterocycles. The van der Waals surface area contributed by atoms with Crippen molar-refractivity contribution in [3.63, 3.8) is 0 Å². The molecule has 2 rings (SSSR count). The molecule has 1 N–H and O–H groups in total. The van der Waals surface area contributed by atoms with Crippen molar-refractivity contribution in [2.75, 3.05) is 6.54 Å². The predicted octanol–water partition coefficient (Wildman–Crippen LogP) is 4.76. The van der Waals surface area contributed by atoms with E-state index >= 15 is 0 Å². The summed E-state index contributed by atoms with van der Waals surface area (Å²) in [5, 5.41) is 5.28. The molecule has 0 bridgehead atoms. The van der Waals surface area contributed by atoms with E-state index in [9.17, 15) is 0 Å². The topological polar surface area (TPSA) is 12.0 Å². The van der Waals surface area contributed by atoms with E-state index in [0.717, 1.165) is 35.0 Å². The summed E-state index contributed by atoms with van der Waals surface area (Å²) in [7, 11) is 0. The van der Waals surface area contributed by atoms with Crippen molar-refractivity contribution in [1.82, 2.24) is 5.32 Å². The Morgan fingerprint density at radius 2 is 2.06 bits per heavy atom. The zero-order valence-electron chi connectivity index (χ0n) is 10.2. The van der Waals surface area contributed by atoms with Gasteiger partial charge in [0.05, 0.1) is 0 Å². The summed E-state index contributed by atoms with van der Waals surface area (Å²) in [5.41, 5.74) is 1.18. The van der Waals surface area contributed by atoms with E-state index < -0.39 is 0 Å². The van der Waals surface area contributed by atoms with Gasteiger partial charge in [0.1, 0.15) is 0 Å². The molecule has 0 aliphatic carbocycles. The van der Waals surface area contributed by atoms with Gasteiger partial charge in [0.25, 0.3) is 0 Å². The molecule has 0 spiro atoms. The Morgan fingerprint density at radius 3 is 2.82 bits per heavy atom. The molecule has 1 nitrogen and oxygen atoms in total. The van der Waals surface area contributed by atoms with Crippen molar-refractivity contribution in [1.29, 1.82) is 0 Å². The summed E-state index contributed by atoms with van der Waals surface area (Å²) in [5.74, 6) is 0. The van der Waals surface area contributed by atoms with Crippen LogP contribution in [0.4, 0.5) is 0 Å². The summed E-state index contributed by atoms with van der Waals surface area (Å²) in [6, 6.07) is 5.78. The molecule has 1 atom stereocenters. The van der Waals surface area contributed by atoms with Gasteiger partial charge in [-0.3, -0.25) is 0 Å². The van der Waals surface area contributed by atoms with E-state index in [1.165, 1.54) is 19.3 Å². The highest BCUT2D eigenvalue weighted by molar-refractivity contribution is 6.33. The van der Waals surface area contributed by atoms with Gasteiger partial charge in [-0.1, -0.05) is 43.0 Å². The van der Waals surface area contributed by atoms with E-state index in [0.29, 0.717) is 0 Å². The predicted molar refractivity (Wildman–Crippen MR) is 74.9 cm³/mol. The van der Waals surface area contributed by atoms with Gasteiger partial charge in [0.15, 0.2) is 0 Å². The highest BCUT2D eigenvalue weighted by Gasteiger charge is 2.32. The molecule has 3 heteroatoms. The molecule has 94 valence electrons. The van der Waals surface area contributed by atoms with Gasteiger partial charge in [-0.25, -0.2) is 0 Å². The lowest BCUT2D eigenvalue weighted by Gasteiger charge is -2.34. The summed E-state index contributed by atoms with van der Waals surface area (Å²) in [6.45, 7) is 3.28. The lowest BCUT2D eigenvalue weighted by molar-refractivity contribution is 0.313. The summed E-state index contributed by atoms with van der Waals surface area (Å²) >= 11 is 12.5. The largest absolute Gasteiger partial charge is 0.307 e. The SMILES string of the molecule is CCC1(c2cc(Cl)ccc2Cl)CCCCCN1. The minimum Gasteiger partial charge on any atom is -0.307 e. The van der Waals surface area contributed by atoms with Crippen molar-refractivity contribution in [3.05, 3.63) is 33.8 Å². The third kappa shape index (κ3) is 2.78. The summed E-state index contributed by atoms with van der Waals surface area (Å²) in [4.78, 5) is 0. The molecule has 0 amide bonds. The van der Waals surface area contributed by atoms with Crippen LogP contribution in [0.5, 0.6) is 0 Å². The van der Waals surface area contributed by atoms with E-state index in [-0.39, 0.29) is 5.54 Å². The second-order valence-electron chi connectivity index (χ2n) is 4.80. The number of halogens is 2. The second-order valence-corrected chi connectivity index (χ2v) is 5.64. The number of nitrogens with one attached hydrogen (secondary N) is 1. The van der Waals surface area contributed by atoms with Gasteiger partial charge >= 0.3 is 0 Å². The fourth-order valence-corrected chi connectivity index (χ4v) is 3.20. The molecule has 1 aliphatic heterocycles. The maximum Gasteiger partial charge on any atom is 0.0457 e. The number of hydrogen-bond donors (Lipinski definition) is 1. The van der Waals surface area contributed by atoms with Crippen LogP contribution in [-0.4, -0.2) is 6.54 Å². The van der Waals surface area contributed by atoms with Gasteiger partial charge in [-0.15, -0.1) is 0 Å². The van der Waals surface area contributed by atoms with Crippen LogP contribution in [0.25, 0.3) is 0 Å². The van der Waals surface area contributed by atoms with Crippen LogP contribution in [0.15, 0.2) is 18.2 Å². The van der Waals surface area contributed by atoms with Gasteiger partial charge in [-0.2, -0.15) is 0 Å². The molecule has 1 aliphatic rings. The first-order chi connectivity index (χ1) is 8.18. The molecule has 1 fully saturated rings. The number of hydrogen-bond acceptors (Lipinski definition) is 1. The summed E-state index contributed by atoms with van der Waals surface area (Å²) in [6.07, 6.45) is 5.99. The van der Waals surface area contributed by atoms with Gasteiger partial charge in [0.2, 0.25) is 0 Å². The van der Waals surface area contributed by atoms with Crippen LogP contribution >= 0.6 is 23.2 Å². The Labute approximate surface area is 114 Å². The van der Waals surface area contributed by atoms with Gasteiger partial charge in [0, 0.05) is 15.6 Å². The van der Waals surface area contributed by atoms with E-state index in [1.54, 1.807) is 0 Å². The van der Waals surface area contributed by atoms with E-state index in [4.69, 9.17) is 23.2 Å². The minimum absolute atomic E-state index is 0.0124. The fourth-order valence-electron chi connectivity index (χ4n) is 2.73. The van der Waals surface area contributed by atoms with Crippen molar-refractivity contribution < 1.29 is 0 Å². The Balaban J connectivity index is 2.41. The first-order valence-corrected chi connectivity index (χ1v) is 7.14. The lowest BCUT2D eigenvalue weighted by atomic mass is 9.83. The van der Waals surface area contributed by atoms with Crippen LogP contribution < -0.4 is 5.32 Å². The van der Waals surface area contributed by atoms with Crippen molar-refractivity contribution >= 4 is 23.2 Å². The smallest absolute Gasteiger partial charge is 0.0457 e. The van der Waals surface area contributed by atoms with E-state index in [2.05, 4.69) is 12.2 Å². The molecule has 17 heavy (non-hydrogen) atoms. The first kappa shape index (κ1) is 13.2. The number of rotatable bonds is 2. The van der Waals surface area contributed by atoms with Crippen molar-refractivity contribution in [2.24, 2.45) is 0 Å². The van der Waals surface area contributed by atoms with Gasteiger partial charge < -0.3 is 5.32 Å². The van der Waals surface area contributed by atoms with Crippen LogP contribution in [0, 0.1) is 0 Å². The Hall–Kier alpha value is -0.240. The average molecular weight is 272 g/mol. The number of benzene rings is 1. The highest BCUT2D eigenvalue weighted by atomic mass is 35.5. The van der Waals surface area contributed by atoms with E-state index in [1.807, 2.05) is 18.2 Å². The zero-order chi connectivity index (χ0) is 12.3. The van der Waals surface area contributed by atoms with Crippen LogP contribution in [0.3, 0.4) is 0 Å². The molecular weight excluding hydrogens is 253 g/mol. The summed E-state index contributed by atoms with van der Waals surface area (Å²) < 4.78 is 0. The third-order valence-corrected chi connectivity index (χ3v) is 4.36. The maximum atomic E-state index is 6.35. The molecule has 1 heterocycles. The monoisotopic (exact) mass is 271 g/mol. The first-order valence-electron chi connectivity index (χ1n) is 6.38. The quantitative estimate of drug-likeness (QED) is 0.818. The van der Waals surface area contributed by atoms with Crippen LogP contribution in [0.2, 0.25) is 10.0 Å². The maximum absolute atomic E-state index is 6.35. The standard InChI is InChI=1S/C14H19Cl2N/c1-2-14(8-4-3-5-9-17-14)12-10-11(15)6-7-13(12)16/h6-7,10,17H,2-5,8-9H2,1H3. The molecular formula is C14H19Cl2N. The molecule has 1 unspecified atom stereocenters. The normalized spacial score (nSPS) is 25.6. The second kappa shape index (κ2) is 5.60. The Morgan fingerprint density at radius 1 is 1.24 bits per heavy atom. The van der Waals surface area contributed by atoms with Crippen LogP contribution in [-0.2, 0) is 5.54 Å².